The summed E-state index contributed by atoms with van der Waals surface area (Å²) in [4.78, 5) is 15.9. The summed E-state index contributed by atoms with van der Waals surface area (Å²) in [5.74, 6) is 1.06. The molecule has 1 amide bonds. The number of amides is 1. The summed E-state index contributed by atoms with van der Waals surface area (Å²) in [5.41, 5.74) is 7.45. The molecule has 1 heterocycles. The van der Waals surface area contributed by atoms with Gasteiger partial charge in [-0.1, -0.05) is 24.2 Å². The summed E-state index contributed by atoms with van der Waals surface area (Å²) in [5, 5.41) is 6.50. The van der Waals surface area contributed by atoms with Gasteiger partial charge in [0.25, 0.3) is 0 Å². The Morgan fingerprint density at radius 1 is 1.40 bits per heavy atom. The molecule has 6 nitrogen and oxygen atoms in total. The smallest absolute Gasteiger partial charge is 0.223 e. The summed E-state index contributed by atoms with van der Waals surface area (Å²) >= 11 is 0. The Balaban J connectivity index is 1.83. The van der Waals surface area contributed by atoms with Crippen molar-refractivity contribution in [1.82, 2.24) is 15.5 Å². The number of anilines is 1. The molecule has 0 aliphatic rings. The van der Waals surface area contributed by atoms with Gasteiger partial charge in [-0.2, -0.15) is 4.98 Å². The van der Waals surface area contributed by atoms with Crippen molar-refractivity contribution < 1.29 is 9.32 Å². The van der Waals surface area contributed by atoms with Gasteiger partial charge in [-0.05, 0) is 23.6 Å². The van der Waals surface area contributed by atoms with Gasteiger partial charge in [0.15, 0.2) is 5.82 Å². The summed E-state index contributed by atoms with van der Waals surface area (Å²) in [7, 11) is 0. The molecule has 1 atom stereocenters. The predicted molar refractivity (Wildman–Crippen MR) is 74.8 cm³/mol. The van der Waals surface area contributed by atoms with Crippen LogP contribution in [0.15, 0.2) is 28.8 Å². The first kappa shape index (κ1) is 14.0. The molecule has 2 aromatic rings. The second-order valence-corrected chi connectivity index (χ2v) is 4.78. The Kier molecular flexibility index (Phi) is 4.34. The first-order valence-corrected chi connectivity index (χ1v) is 6.46. The van der Waals surface area contributed by atoms with Gasteiger partial charge in [0, 0.05) is 19.0 Å². The minimum atomic E-state index is -0.0446. The van der Waals surface area contributed by atoms with Crippen LogP contribution in [0.3, 0.4) is 0 Å². The molecule has 1 aromatic carbocycles. The highest BCUT2D eigenvalue weighted by Gasteiger charge is 2.12. The molecule has 0 bridgehead atoms. The van der Waals surface area contributed by atoms with Crippen molar-refractivity contribution in [3.05, 3.63) is 41.5 Å². The van der Waals surface area contributed by atoms with E-state index in [-0.39, 0.29) is 18.4 Å². The maximum Gasteiger partial charge on any atom is 0.223 e. The summed E-state index contributed by atoms with van der Waals surface area (Å²) in [6.45, 7) is 4.00. The van der Waals surface area contributed by atoms with E-state index < -0.39 is 0 Å². The van der Waals surface area contributed by atoms with Crippen molar-refractivity contribution in [3.63, 3.8) is 0 Å². The molecule has 1 unspecified atom stereocenters. The average molecular weight is 274 g/mol. The standard InChI is InChI=1S/C14H18N4O2/c1-9(11-3-5-12(15)6-4-11)7-14(19)16-8-13-17-10(2)20-18-13/h3-6,9H,7-8,15H2,1-2H3,(H,16,19). The van der Waals surface area contributed by atoms with Gasteiger partial charge in [0.2, 0.25) is 11.8 Å². The van der Waals surface area contributed by atoms with Crippen molar-refractivity contribution in [1.29, 1.82) is 0 Å². The lowest BCUT2D eigenvalue weighted by molar-refractivity contribution is -0.121. The number of nitrogens with two attached hydrogens (primary N) is 1. The van der Waals surface area contributed by atoms with Crippen LogP contribution in [0.5, 0.6) is 0 Å². The highest BCUT2D eigenvalue weighted by Crippen LogP contribution is 2.19. The van der Waals surface area contributed by atoms with Crippen molar-refractivity contribution in [2.75, 3.05) is 5.73 Å². The number of nitrogens with zero attached hydrogens (tertiary/aromatic N) is 2. The van der Waals surface area contributed by atoms with Crippen LogP contribution in [0.2, 0.25) is 0 Å². The SMILES string of the molecule is Cc1nc(CNC(=O)CC(C)c2ccc(N)cc2)no1. The molecule has 0 radical (unpaired) electrons. The van der Waals surface area contributed by atoms with E-state index in [0.29, 0.717) is 18.1 Å². The zero-order valence-electron chi connectivity index (χ0n) is 11.6. The molecule has 20 heavy (non-hydrogen) atoms. The van der Waals surface area contributed by atoms with E-state index in [0.717, 1.165) is 11.3 Å². The van der Waals surface area contributed by atoms with E-state index in [9.17, 15) is 4.79 Å². The van der Waals surface area contributed by atoms with Crippen molar-refractivity contribution in [2.24, 2.45) is 0 Å². The lowest BCUT2D eigenvalue weighted by atomic mass is 9.97. The van der Waals surface area contributed by atoms with Crippen molar-refractivity contribution in [2.45, 2.75) is 32.7 Å². The molecule has 0 spiro atoms. The number of rotatable bonds is 5. The van der Waals surface area contributed by atoms with E-state index >= 15 is 0 Å². The third-order valence-corrected chi connectivity index (χ3v) is 3.01. The van der Waals surface area contributed by atoms with E-state index in [1.165, 1.54) is 0 Å². The van der Waals surface area contributed by atoms with Gasteiger partial charge in [-0.3, -0.25) is 4.79 Å². The zero-order valence-corrected chi connectivity index (χ0v) is 11.6. The molecule has 0 aliphatic carbocycles. The van der Waals surface area contributed by atoms with E-state index in [4.69, 9.17) is 10.3 Å². The van der Waals surface area contributed by atoms with Crippen LogP contribution < -0.4 is 11.1 Å². The molecule has 2 rings (SSSR count). The summed E-state index contributed by atoms with van der Waals surface area (Å²) in [6, 6.07) is 7.56. The number of nitrogen functional groups attached to an aromatic ring is 1. The normalized spacial score (nSPS) is 12.1. The first-order valence-electron chi connectivity index (χ1n) is 6.46. The number of aromatic nitrogens is 2. The molecule has 6 heteroatoms. The molecule has 0 saturated carbocycles. The number of nitrogens with one attached hydrogen (secondary N) is 1. The maximum absolute atomic E-state index is 11.9. The molecule has 106 valence electrons. The van der Waals surface area contributed by atoms with E-state index in [1.54, 1.807) is 6.92 Å². The fraction of sp³-hybridized carbons (Fsp3) is 0.357. The summed E-state index contributed by atoms with van der Waals surface area (Å²) < 4.78 is 4.83. The van der Waals surface area contributed by atoms with Gasteiger partial charge in [0.1, 0.15) is 0 Å². The first-order chi connectivity index (χ1) is 9.54. The van der Waals surface area contributed by atoms with Crippen LogP contribution in [-0.4, -0.2) is 16.0 Å². The minimum absolute atomic E-state index is 0.0446. The Morgan fingerprint density at radius 3 is 2.70 bits per heavy atom. The number of benzene rings is 1. The molecule has 0 fully saturated rings. The van der Waals surface area contributed by atoms with Crippen molar-refractivity contribution >= 4 is 11.6 Å². The zero-order chi connectivity index (χ0) is 14.5. The molecule has 0 saturated heterocycles. The Labute approximate surface area is 117 Å². The van der Waals surface area contributed by atoms with Crippen LogP contribution in [-0.2, 0) is 11.3 Å². The number of carbonyl (C=O) groups excluding carboxylic acids is 1. The number of aryl methyl sites for hydroxylation is 1. The summed E-state index contributed by atoms with van der Waals surface area (Å²) in [6.07, 6.45) is 0.404. The monoisotopic (exact) mass is 274 g/mol. The number of hydrogen-bond donors (Lipinski definition) is 2. The molecular weight excluding hydrogens is 256 g/mol. The molecule has 1 aromatic heterocycles. The Bertz CT molecular complexity index is 577. The topological polar surface area (TPSA) is 94.0 Å². The number of carbonyl (C=O) groups is 1. The van der Waals surface area contributed by atoms with Crippen LogP contribution in [0.1, 0.15) is 36.5 Å². The molecular formula is C14H18N4O2. The third kappa shape index (κ3) is 3.81. The fourth-order valence-electron chi connectivity index (χ4n) is 1.88. The highest BCUT2D eigenvalue weighted by atomic mass is 16.5. The van der Waals surface area contributed by atoms with Crippen molar-refractivity contribution in [3.8, 4) is 0 Å². The van der Waals surface area contributed by atoms with Crippen LogP contribution in [0.25, 0.3) is 0 Å². The average Bonchev–Trinajstić information content (AvgIpc) is 2.83. The molecule has 3 N–H and O–H groups in total. The van der Waals surface area contributed by atoms with Crippen LogP contribution >= 0.6 is 0 Å². The quantitative estimate of drug-likeness (QED) is 0.810. The van der Waals surface area contributed by atoms with E-state index in [1.807, 2.05) is 31.2 Å². The van der Waals surface area contributed by atoms with Gasteiger partial charge >= 0.3 is 0 Å². The second kappa shape index (κ2) is 6.18. The van der Waals surface area contributed by atoms with Crippen LogP contribution in [0, 0.1) is 6.92 Å². The number of hydrogen-bond acceptors (Lipinski definition) is 5. The second-order valence-electron chi connectivity index (χ2n) is 4.78. The van der Waals surface area contributed by atoms with E-state index in [2.05, 4.69) is 15.5 Å². The predicted octanol–water partition coefficient (Wildman–Crippen LogP) is 1.77. The van der Waals surface area contributed by atoms with Gasteiger partial charge < -0.3 is 15.6 Å². The third-order valence-electron chi connectivity index (χ3n) is 3.01. The minimum Gasteiger partial charge on any atom is -0.399 e. The van der Waals surface area contributed by atoms with Gasteiger partial charge in [-0.25, -0.2) is 0 Å². The Morgan fingerprint density at radius 2 is 2.10 bits per heavy atom. The lowest BCUT2D eigenvalue weighted by Crippen LogP contribution is -2.24. The van der Waals surface area contributed by atoms with Crippen LogP contribution in [0.4, 0.5) is 5.69 Å². The fourth-order valence-corrected chi connectivity index (χ4v) is 1.88. The van der Waals surface area contributed by atoms with Gasteiger partial charge in [-0.15, -0.1) is 0 Å². The highest BCUT2D eigenvalue weighted by molar-refractivity contribution is 5.76. The maximum atomic E-state index is 11.9. The lowest BCUT2D eigenvalue weighted by Gasteiger charge is -2.11. The molecule has 0 aliphatic heterocycles. The Hall–Kier alpha value is -2.37. The largest absolute Gasteiger partial charge is 0.399 e. The van der Waals surface area contributed by atoms with Gasteiger partial charge in [0.05, 0.1) is 6.54 Å².